The lowest BCUT2D eigenvalue weighted by Gasteiger charge is -2.39. The van der Waals surface area contributed by atoms with Crippen LogP contribution >= 0.6 is 11.6 Å². The van der Waals surface area contributed by atoms with E-state index < -0.39 is 6.23 Å². The maximum absolute atomic E-state index is 13.5. The fourth-order valence-corrected chi connectivity index (χ4v) is 4.76. The molecule has 0 spiro atoms. The molecule has 0 saturated carbocycles. The number of aliphatic hydroxyl groups excluding tert-OH is 1. The van der Waals surface area contributed by atoms with Crippen LogP contribution in [-0.2, 0) is 4.79 Å². The number of aromatic nitrogens is 2. The van der Waals surface area contributed by atoms with Crippen LogP contribution in [0.5, 0.6) is 0 Å². The molecule has 3 heterocycles. The fraction of sp³-hybridized carbons (Fsp3) is 0.542. The van der Waals surface area contributed by atoms with Crippen molar-refractivity contribution in [1.29, 1.82) is 0 Å². The van der Waals surface area contributed by atoms with Gasteiger partial charge in [-0.3, -0.25) is 4.79 Å². The number of nitrogens with zero attached hydrogens (tertiary/aromatic N) is 4. The van der Waals surface area contributed by atoms with Gasteiger partial charge < -0.3 is 25.5 Å². The highest BCUT2D eigenvalue weighted by atomic mass is 35.5. The summed E-state index contributed by atoms with van der Waals surface area (Å²) in [5.74, 6) is 1.63. The largest absolute Gasteiger partial charge is 0.374 e. The van der Waals surface area contributed by atoms with E-state index in [4.69, 9.17) is 11.6 Å². The van der Waals surface area contributed by atoms with Crippen LogP contribution in [0.2, 0.25) is 5.02 Å². The van der Waals surface area contributed by atoms with Crippen molar-refractivity contribution in [2.45, 2.75) is 51.3 Å². The molecule has 0 bridgehead atoms. The molecule has 8 nitrogen and oxygen atoms in total. The van der Waals surface area contributed by atoms with Gasteiger partial charge in [0.1, 0.15) is 24.2 Å². The van der Waals surface area contributed by atoms with Crippen molar-refractivity contribution in [2.75, 3.05) is 42.9 Å². The molecule has 3 atom stereocenters. The van der Waals surface area contributed by atoms with Crippen molar-refractivity contribution >= 4 is 29.1 Å². The second-order valence-corrected chi connectivity index (χ2v) is 9.67. The Hall–Kier alpha value is -2.42. The van der Waals surface area contributed by atoms with Gasteiger partial charge in [-0.2, -0.15) is 0 Å². The molecule has 2 aliphatic heterocycles. The van der Waals surface area contributed by atoms with Crippen molar-refractivity contribution < 1.29 is 9.90 Å². The Kier molecular flexibility index (Phi) is 7.36. The monoisotopic (exact) mass is 472 g/mol. The molecule has 1 amide bonds. The fourth-order valence-electron chi connectivity index (χ4n) is 4.63. The number of anilines is 2. The Morgan fingerprint density at radius 3 is 2.58 bits per heavy atom. The number of hydrogen-bond acceptors (Lipinski definition) is 7. The summed E-state index contributed by atoms with van der Waals surface area (Å²) >= 11 is 6.07. The molecule has 0 aliphatic carbocycles. The van der Waals surface area contributed by atoms with Gasteiger partial charge in [0.15, 0.2) is 0 Å². The third kappa shape index (κ3) is 5.39. The zero-order valence-corrected chi connectivity index (χ0v) is 20.2. The summed E-state index contributed by atoms with van der Waals surface area (Å²) in [5, 5.41) is 17.2. The molecule has 33 heavy (non-hydrogen) atoms. The van der Waals surface area contributed by atoms with Gasteiger partial charge in [-0.05, 0) is 30.0 Å². The minimum absolute atomic E-state index is 0.132. The van der Waals surface area contributed by atoms with Crippen LogP contribution in [0.15, 0.2) is 30.6 Å². The lowest BCUT2D eigenvalue weighted by atomic mass is 9.93. The topological polar surface area (TPSA) is 93.6 Å². The molecular formula is C24H33ClN6O2. The number of benzene rings is 1. The Bertz CT molecular complexity index is 962. The van der Waals surface area contributed by atoms with E-state index in [0.717, 1.165) is 16.9 Å². The van der Waals surface area contributed by atoms with Crippen LogP contribution in [0.4, 0.5) is 11.6 Å². The summed E-state index contributed by atoms with van der Waals surface area (Å²) in [7, 11) is 0. The highest BCUT2D eigenvalue weighted by molar-refractivity contribution is 6.30. The van der Waals surface area contributed by atoms with E-state index in [1.807, 2.05) is 29.2 Å². The Morgan fingerprint density at radius 1 is 1.21 bits per heavy atom. The van der Waals surface area contributed by atoms with Crippen LogP contribution in [0.3, 0.4) is 0 Å². The minimum atomic E-state index is -0.589. The highest BCUT2D eigenvalue weighted by Gasteiger charge is 2.32. The van der Waals surface area contributed by atoms with E-state index in [9.17, 15) is 9.90 Å². The van der Waals surface area contributed by atoms with Crippen LogP contribution in [0.25, 0.3) is 0 Å². The maximum atomic E-state index is 13.5. The molecule has 1 fully saturated rings. The third-order valence-electron chi connectivity index (χ3n) is 6.43. The second-order valence-electron chi connectivity index (χ2n) is 9.24. The lowest BCUT2D eigenvalue weighted by Crippen LogP contribution is -2.51. The van der Waals surface area contributed by atoms with Crippen molar-refractivity contribution in [2.24, 2.45) is 0 Å². The Balaban J connectivity index is 1.47. The minimum Gasteiger partial charge on any atom is -0.374 e. The number of carbonyl (C=O) groups is 1. The van der Waals surface area contributed by atoms with Crippen molar-refractivity contribution in [3.8, 4) is 0 Å². The number of hydrogen-bond donors (Lipinski definition) is 3. The van der Waals surface area contributed by atoms with Crippen LogP contribution in [0, 0.1) is 0 Å². The SMILES string of the molecule is CC(C)NC[C@@H](C(=O)N1CCN(c2ncnc3c2[C@H](C)CC(O)N3)CC1)c1ccc(Cl)cc1. The lowest BCUT2D eigenvalue weighted by molar-refractivity contribution is -0.133. The smallest absolute Gasteiger partial charge is 0.231 e. The van der Waals surface area contributed by atoms with E-state index in [-0.39, 0.29) is 17.7 Å². The maximum Gasteiger partial charge on any atom is 0.231 e. The number of amides is 1. The standard InChI is InChI=1S/C24H33ClN6O2/c1-15(2)26-13-19(17-4-6-18(25)7-5-17)24(33)31-10-8-30(9-11-31)23-21-16(3)12-20(32)29-22(21)27-14-28-23/h4-7,14-16,19-20,26,32H,8-13H2,1-3H3,(H,27,28,29)/t16-,19-,20?/m1/s1. The second kappa shape index (κ2) is 10.2. The van der Waals surface area contributed by atoms with Crippen molar-refractivity contribution in [1.82, 2.24) is 20.2 Å². The Morgan fingerprint density at radius 2 is 1.91 bits per heavy atom. The van der Waals surface area contributed by atoms with Crippen molar-refractivity contribution in [3.05, 3.63) is 46.7 Å². The highest BCUT2D eigenvalue weighted by Crippen LogP contribution is 2.37. The average molecular weight is 473 g/mol. The molecule has 3 N–H and O–H groups in total. The molecule has 0 radical (unpaired) electrons. The van der Waals surface area contributed by atoms with Gasteiger partial charge in [-0.15, -0.1) is 0 Å². The molecule has 9 heteroatoms. The summed E-state index contributed by atoms with van der Waals surface area (Å²) in [6, 6.07) is 7.87. The van der Waals surface area contributed by atoms with Gasteiger partial charge in [-0.25, -0.2) is 9.97 Å². The van der Waals surface area contributed by atoms with E-state index in [1.54, 1.807) is 0 Å². The summed E-state index contributed by atoms with van der Waals surface area (Å²) in [6.45, 7) is 9.52. The molecule has 1 aromatic carbocycles. The number of nitrogens with one attached hydrogen (secondary N) is 2. The summed E-state index contributed by atoms with van der Waals surface area (Å²) in [5.41, 5.74) is 2.02. The summed E-state index contributed by atoms with van der Waals surface area (Å²) < 4.78 is 0. The van der Waals surface area contributed by atoms with Gasteiger partial charge in [0.25, 0.3) is 0 Å². The van der Waals surface area contributed by atoms with Crippen molar-refractivity contribution in [3.63, 3.8) is 0 Å². The molecular weight excluding hydrogens is 440 g/mol. The number of fused-ring (bicyclic) bond motifs is 1. The number of piperazine rings is 1. The molecule has 2 aromatic rings. The zero-order chi connectivity index (χ0) is 23.5. The molecule has 1 aromatic heterocycles. The average Bonchev–Trinajstić information content (AvgIpc) is 2.79. The van der Waals surface area contributed by atoms with Gasteiger partial charge in [0.05, 0.1) is 5.92 Å². The van der Waals surface area contributed by atoms with E-state index in [1.165, 1.54) is 6.33 Å². The first kappa shape index (κ1) is 23.7. The predicted octanol–water partition coefficient (Wildman–Crippen LogP) is 2.80. The van der Waals surface area contributed by atoms with Crippen LogP contribution < -0.4 is 15.5 Å². The first-order valence-electron chi connectivity index (χ1n) is 11.7. The van der Waals surface area contributed by atoms with E-state index >= 15 is 0 Å². The zero-order valence-electron chi connectivity index (χ0n) is 19.5. The third-order valence-corrected chi connectivity index (χ3v) is 6.68. The Labute approximate surface area is 200 Å². The van der Waals surface area contributed by atoms with Gasteiger partial charge >= 0.3 is 0 Å². The summed E-state index contributed by atoms with van der Waals surface area (Å²) in [6.07, 6.45) is 1.57. The molecule has 1 unspecified atom stereocenters. The van der Waals surface area contributed by atoms with Gasteiger partial charge in [0, 0.05) is 49.4 Å². The van der Waals surface area contributed by atoms with Crippen LogP contribution in [0.1, 0.15) is 50.2 Å². The number of carbonyl (C=O) groups excluding carboxylic acids is 1. The van der Waals surface area contributed by atoms with E-state index in [0.29, 0.717) is 56.0 Å². The van der Waals surface area contributed by atoms with E-state index in [2.05, 4.69) is 46.3 Å². The normalized spacial score (nSPS) is 21.5. The molecule has 4 rings (SSSR count). The predicted molar refractivity (Wildman–Crippen MR) is 131 cm³/mol. The molecule has 178 valence electrons. The quantitative estimate of drug-likeness (QED) is 0.595. The number of halogens is 1. The first-order valence-corrected chi connectivity index (χ1v) is 12.0. The number of rotatable bonds is 6. The van der Waals surface area contributed by atoms with Crippen LogP contribution in [-0.4, -0.2) is 70.9 Å². The summed E-state index contributed by atoms with van der Waals surface area (Å²) in [4.78, 5) is 26.6. The molecule has 2 aliphatic rings. The van der Waals surface area contributed by atoms with Gasteiger partial charge in [0.2, 0.25) is 5.91 Å². The van der Waals surface area contributed by atoms with Gasteiger partial charge in [-0.1, -0.05) is 44.5 Å². The molecule has 1 saturated heterocycles. The first-order chi connectivity index (χ1) is 15.8. The number of aliphatic hydroxyl groups is 1.